The molecule has 2 bridgehead atoms. The van der Waals surface area contributed by atoms with Gasteiger partial charge < -0.3 is 14.8 Å². The monoisotopic (exact) mass is 382 g/mol. The highest BCUT2D eigenvalue weighted by Gasteiger charge is 2.37. The number of allylic oxidation sites excluding steroid dienone is 1. The van der Waals surface area contributed by atoms with Crippen LogP contribution < -0.4 is 10.1 Å². The number of nitrogens with one attached hydrogen (secondary N) is 1. The van der Waals surface area contributed by atoms with Crippen LogP contribution >= 0.6 is 11.3 Å². The fraction of sp³-hybridized carbons (Fsp3) is 0.455. The second kappa shape index (κ2) is 7.21. The van der Waals surface area contributed by atoms with Crippen molar-refractivity contribution in [2.75, 3.05) is 32.1 Å². The van der Waals surface area contributed by atoms with E-state index in [2.05, 4.69) is 33.8 Å². The molecule has 4 nitrogen and oxygen atoms in total. The lowest BCUT2D eigenvalue weighted by molar-refractivity contribution is -0.0405. The second-order valence-corrected chi connectivity index (χ2v) is 8.63. The Morgan fingerprint density at radius 2 is 1.96 bits per heavy atom. The minimum atomic E-state index is 0.330. The summed E-state index contributed by atoms with van der Waals surface area (Å²) in [5, 5.41) is 5.77. The highest BCUT2D eigenvalue weighted by Crippen LogP contribution is 2.42. The third kappa shape index (κ3) is 3.46. The van der Waals surface area contributed by atoms with Gasteiger partial charge in [0.05, 0.1) is 17.7 Å². The number of benzene rings is 1. The predicted octanol–water partition coefficient (Wildman–Crippen LogP) is 4.95. The third-order valence-electron chi connectivity index (χ3n) is 5.95. The zero-order chi connectivity index (χ0) is 18.2. The van der Waals surface area contributed by atoms with Gasteiger partial charge >= 0.3 is 0 Å². The van der Waals surface area contributed by atoms with Crippen molar-refractivity contribution >= 4 is 17.0 Å². The smallest absolute Gasteiger partial charge is 0.190 e. The Bertz CT molecular complexity index is 846. The first-order chi connectivity index (χ1) is 13.3. The third-order valence-corrected chi connectivity index (χ3v) is 6.90. The Hall–Kier alpha value is -1.98. The molecular formula is C22H26N2O2S. The summed E-state index contributed by atoms with van der Waals surface area (Å²) in [6, 6.07) is 10.4. The summed E-state index contributed by atoms with van der Waals surface area (Å²) in [5.41, 5.74) is 3.66. The maximum atomic E-state index is 6.57. The molecule has 27 heavy (non-hydrogen) atoms. The number of piperidine rings is 3. The molecule has 1 aromatic heterocycles. The van der Waals surface area contributed by atoms with Gasteiger partial charge in [0.25, 0.3) is 0 Å². The van der Waals surface area contributed by atoms with E-state index in [4.69, 9.17) is 9.47 Å². The quantitative estimate of drug-likeness (QED) is 0.717. The zero-order valence-electron chi connectivity index (χ0n) is 15.7. The molecule has 1 aliphatic carbocycles. The van der Waals surface area contributed by atoms with E-state index in [-0.39, 0.29) is 0 Å². The standard InChI is InChI=1S/C22H26N2O2S/c1-25-19-5-3-2-4-17(19)21-18(10-13-27-21)23-22(16-6-7-16)26-20-14-24-11-8-15(20)9-12-24/h2-5,10,13,15,20,23H,6-9,11-12,14H2,1H3. The highest BCUT2D eigenvalue weighted by molar-refractivity contribution is 7.14. The van der Waals surface area contributed by atoms with Gasteiger partial charge in [0.15, 0.2) is 5.88 Å². The summed E-state index contributed by atoms with van der Waals surface area (Å²) in [4.78, 5) is 3.74. The van der Waals surface area contributed by atoms with E-state index in [1.807, 2.05) is 12.1 Å². The van der Waals surface area contributed by atoms with E-state index >= 15 is 0 Å². The summed E-state index contributed by atoms with van der Waals surface area (Å²) in [7, 11) is 1.73. The van der Waals surface area contributed by atoms with Crippen molar-refractivity contribution in [1.82, 2.24) is 4.90 Å². The fourth-order valence-corrected chi connectivity index (χ4v) is 5.14. The van der Waals surface area contributed by atoms with Crippen LogP contribution in [0.1, 0.15) is 25.7 Å². The number of fused-ring (bicyclic) bond motifs is 3. The first-order valence-corrected chi connectivity index (χ1v) is 10.8. The Morgan fingerprint density at radius 3 is 2.67 bits per heavy atom. The molecule has 4 heterocycles. The van der Waals surface area contributed by atoms with Gasteiger partial charge in [-0.1, -0.05) is 12.1 Å². The van der Waals surface area contributed by atoms with Crippen LogP contribution in [0, 0.1) is 5.92 Å². The number of hydrogen-bond donors (Lipinski definition) is 1. The van der Waals surface area contributed by atoms with E-state index < -0.39 is 0 Å². The molecule has 1 unspecified atom stereocenters. The highest BCUT2D eigenvalue weighted by atomic mass is 32.1. The van der Waals surface area contributed by atoms with E-state index in [1.54, 1.807) is 18.4 Å². The number of nitrogens with zero attached hydrogens (tertiary/aromatic N) is 1. The summed E-state index contributed by atoms with van der Waals surface area (Å²) < 4.78 is 12.1. The van der Waals surface area contributed by atoms with Crippen molar-refractivity contribution in [2.24, 2.45) is 5.92 Å². The van der Waals surface area contributed by atoms with Crippen LogP contribution in [0.15, 0.2) is 47.2 Å². The first kappa shape index (κ1) is 17.1. The number of ether oxygens (including phenoxy) is 2. The molecule has 1 atom stereocenters. The summed E-state index contributed by atoms with van der Waals surface area (Å²) in [5.74, 6) is 2.62. The van der Waals surface area contributed by atoms with Crippen molar-refractivity contribution < 1.29 is 9.47 Å². The van der Waals surface area contributed by atoms with Crippen LogP contribution in [-0.4, -0.2) is 37.7 Å². The predicted molar refractivity (Wildman–Crippen MR) is 110 cm³/mol. The van der Waals surface area contributed by atoms with Gasteiger partial charge in [-0.15, -0.1) is 11.3 Å². The number of rotatable bonds is 6. The Kier molecular flexibility index (Phi) is 4.58. The molecule has 1 N–H and O–H groups in total. The molecule has 0 spiro atoms. The number of methoxy groups -OCH3 is 1. The first-order valence-electron chi connectivity index (χ1n) is 9.91. The number of anilines is 1. The van der Waals surface area contributed by atoms with Crippen LogP contribution in [0.4, 0.5) is 5.69 Å². The molecule has 1 aromatic carbocycles. The molecule has 6 rings (SSSR count). The Balaban J connectivity index is 1.38. The van der Waals surface area contributed by atoms with Crippen molar-refractivity contribution in [3.63, 3.8) is 0 Å². The lowest BCUT2D eigenvalue weighted by Gasteiger charge is -2.44. The lowest BCUT2D eigenvalue weighted by Crippen LogP contribution is -2.51. The number of para-hydroxylation sites is 1. The van der Waals surface area contributed by atoms with Gasteiger partial charge in [-0.25, -0.2) is 0 Å². The lowest BCUT2D eigenvalue weighted by atomic mass is 9.86. The molecule has 4 fully saturated rings. The molecule has 0 radical (unpaired) electrons. The van der Waals surface area contributed by atoms with Crippen molar-refractivity contribution in [3.8, 4) is 16.2 Å². The van der Waals surface area contributed by atoms with Gasteiger partial charge in [-0.05, 0) is 73.8 Å². The van der Waals surface area contributed by atoms with E-state index in [0.717, 1.165) is 42.3 Å². The zero-order valence-corrected chi connectivity index (χ0v) is 16.6. The normalized spacial score (nSPS) is 26.0. The number of hydrogen-bond acceptors (Lipinski definition) is 5. The summed E-state index contributed by atoms with van der Waals surface area (Å²) in [6.07, 6.45) is 5.18. The van der Waals surface area contributed by atoms with Crippen LogP contribution in [0.5, 0.6) is 5.75 Å². The van der Waals surface area contributed by atoms with Gasteiger partial charge in [0, 0.05) is 12.1 Å². The van der Waals surface area contributed by atoms with Crippen LogP contribution in [0.25, 0.3) is 10.4 Å². The maximum Gasteiger partial charge on any atom is 0.190 e. The SMILES string of the molecule is COc1ccccc1-c1sccc1NC(OC1CN2CCC1CC2)=C1CC1. The maximum absolute atomic E-state index is 6.57. The molecule has 3 saturated heterocycles. The molecule has 3 aliphatic heterocycles. The van der Waals surface area contributed by atoms with E-state index in [0.29, 0.717) is 12.0 Å². The van der Waals surface area contributed by atoms with Crippen LogP contribution in [0.2, 0.25) is 0 Å². The molecule has 1 saturated carbocycles. The van der Waals surface area contributed by atoms with E-state index in [9.17, 15) is 0 Å². The van der Waals surface area contributed by atoms with Crippen molar-refractivity contribution in [2.45, 2.75) is 31.8 Å². The number of thiophene rings is 1. The average molecular weight is 383 g/mol. The van der Waals surface area contributed by atoms with Gasteiger partial charge in [0.1, 0.15) is 11.9 Å². The fourth-order valence-electron chi connectivity index (χ4n) is 4.26. The van der Waals surface area contributed by atoms with E-state index in [1.165, 1.54) is 36.4 Å². The minimum Gasteiger partial charge on any atom is -0.496 e. The second-order valence-electron chi connectivity index (χ2n) is 7.72. The van der Waals surface area contributed by atoms with Gasteiger partial charge in [-0.2, -0.15) is 0 Å². The van der Waals surface area contributed by atoms with Crippen molar-refractivity contribution in [1.29, 1.82) is 0 Å². The molecule has 5 heteroatoms. The van der Waals surface area contributed by atoms with Crippen LogP contribution in [0.3, 0.4) is 0 Å². The largest absolute Gasteiger partial charge is 0.496 e. The van der Waals surface area contributed by atoms with Gasteiger partial charge in [-0.3, -0.25) is 4.90 Å². The Labute approximate surface area is 164 Å². The molecule has 2 aromatic rings. The topological polar surface area (TPSA) is 33.7 Å². The average Bonchev–Trinajstić information content (AvgIpc) is 3.47. The molecule has 0 amide bonds. The summed E-state index contributed by atoms with van der Waals surface area (Å²) >= 11 is 1.74. The molecule has 4 aliphatic rings. The van der Waals surface area contributed by atoms with Crippen LogP contribution in [-0.2, 0) is 4.74 Å². The minimum absolute atomic E-state index is 0.330. The Morgan fingerprint density at radius 1 is 1.15 bits per heavy atom. The molecular weight excluding hydrogens is 356 g/mol. The van der Waals surface area contributed by atoms with Gasteiger partial charge in [0.2, 0.25) is 0 Å². The van der Waals surface area contributed by atoms with Crippen molar-refractivity contribution in [3.05, 3.63) is 47.2 Å². The molecule has 142 valence electrons. The summed E-state index contributed by atoms with van der Waals surface area (Å²) in [6.45, 7) is 3.56.